The van der Waals surface area contributed by atoms with Crippen molar-refractivity contribution in [2.45, 2.75) is 0 Å². The Morgan fingerprint density at radius 3 is 2.78 bits per heavy atom. The topological polar surface area (TPSA) is 48.9 Å². The van der Waals surface area contributed by atoms with E-state index in [1.165, 1.54) is 12.3 Å². The summed E-state index contributed by atoms with van der Waals surface area (Å²) in [4.78, 5) is 22.6. The lowest BCUT2D eigenvalue weighted by atomic mass is 9.72. The van der Waals surface area contributed by atoms with Gasteiger partial charge in [-0.25, -0.2) is 9.18 Å². The van der Waals surface area contributed by atoms with Crippen molar-refractivity contribution in [2.24, 2.45) is 5.41 Å². The maximum absolute atomic E-state index is 13.3. The van der Waals surface area contributed by atoms with E-state index in [0.29, 0.717) is 37.0 Å². The highest BCUT2D eigenvalue weighted by Crippen LogP contribution is 2.43. The second-order valence-corrected chi connectivity index (χ2v) is 7.90. The second kappa shape index (κ2) is 5.99. The van der Waals surface area contributed by atoms with Crippen LogP contribution in [0.25, 0.3) is 0 Å². The first-order valence-electron chi connectivity index (χ1n) is 8.87. The Balaban J connectivity index is 1.23. The molecule has 2 fully saturated rings. The summed E-state index contributed by atoms with van der Waals surface area (Å²) in [5.41, 5.74) is 1.67. The molecule has 4 heterocycles. The predicted molar refractivity (Wildman–Crippen MR) is 100 cm³/mol. The standard InChI is InChI=1S/C19H18ClFN4O2/c20-13-1-2-16-17(5-13)27-4-3-25(16)18(26)24-11-19(12-24)9-23(10-19)15-6-14(21)7-22-8-15/h1-2,5-8H,3-4,9-12H2. The van der Waals surface area contributed by atoms with Gasteiger partial charge in [-0.1, -0.05) is 11.6 Å². The van der Waals surface area contributed by atoms with Crippen molar-refractivity contribution >= 4 is 29.0 Å². The predicted octanol–water partition coefficient (Wildman–Crippen LogP) is 3.02. The zero-order chi connectivity index (χ0) is 18.6. The Labute approximate surface area is 161 Å². The zero-order valence-corrected chi connectivity index (χ0v) is 15.3. The molecule has 2 saturated heterocycles. The number of ether oxygens (including phenoxy) is 1. The van der Waals surface area contributed by atoms with Crippen LogP contribution in [-0.4, -0.2) is 55.2 Å². The van der Waals surface area contributed by atoms with E-state index < -0.39 is 0 Å². The molecule has 6 nitrogen and oxygen atoms in total. The monoisotopic (exact) mass is 388 g/mol. The van der Waals surface area contributed by atoms with Crippen molar-refractivity contribution in [1.82, 2.24) is 9.88 Å². The molecule has 0 N–H and O–H groups in total. The van der Waals surface area contributed by atoms with Crippen molar-refractivity contribution in [3.63, 3.8) is 0 Å². The van der Waals surface area contributed by atoms with Crippen LogP contribution in [0.15, 0.2) is 36.7 Å². The summed E-state index contributed by atoms with van der Waals surface area (Å²) >= 11 is 6.02. The van der Waals surface area contributed by atoms with Gasteiger partial charge >= 0.3 is 6.03 Å². The number of hydrogen-bond acceptors (Lipinski definition) is 4. The Hall–Kier alpha value is -2.54. The lowest BCUT2D eigenvalue weighted by molar-refractivity contribution is 0.00963. The van der Waals surface area contributed by atoms with Gasteiger partial charge in [-0.2, -0.15) is 0 Å². The van der Waals surface area contributed by atoms with E-state index in [0.717, 1.165) is 24.5 Å². The van der Waals surface area contributed by atoms with Crippen LogP contribution in [-0.2, 0) is 0 Å². The fourth-order valence-electron chi connectivity index (χ4n) is 4.18. The number of hydrogen-bond donors (Lipinski definition) is 0. The number of urea groups is 1. The summed E-state index contributed by atoms with van der Waals surface area (Å²) in [6, 6.07) is 6.83. The van der Waals surface area contributed by atoms with E-state index in [1.807, 2.05) is 11.0 Å². The number of likely N-dealkylation sites (tertiary alicyclic amines) is 1. The van der Waals surface area contributed by atoms with Gasteiger partial charge in [-0.15, -0.1) is 0 Å². The molecule has 8 heteroatoms. The third-order valence-electron chi connectivity index (χ3n) is 5.45. The number of halogens is 2. The quantitative estimate of drug-likeness (QED) is 0.753. The summed E-state index contributed by atoms with van der Waals surface area (Å²) in [7, 11) is 0. The molecule has 0 bridgehead atoms. The Morgan fingerprint density at radius 2 is 2.00 bits per heavy atom. The van der Waals surface area contributed by atoms with Crippen LogP contribution < -0.4 is 14.5 Å². The summed E-state index contributed by atoms with van der Waals surface area (Å²) in [6.45, 7) is 4.04. The second-order valence-electron chi connectivity index (χ2n) is 7.47. The molecule has 2 amide bonds. The fraction of sp³-hybridized carbons (Fsp3) is 0.368. The van der Waals surface area contributed by atoms with Crippen LogP contribution in [0.4, 0.5) is 20.6 Å². The van der Waals surface area contributed by atoms with Gasteiger partial charge in [0.2, 0.25) is 0 Å². The van der Waals surface area contributed by atoms with E-state index in [4.69, 9.17) is 16.3 Å². The molecule has 0 atom stereocenters. The normalized spacial score (nSPS) is 19.9. The van der Waals surface area contributed by atoms with Crippen molar-refractivity contribution in [3.8, 4) is 5.75 Å². The van der Waals surface area contributed by atoms with Gasteiger partial charge in [0, 0.05) is 48.7 Å². The van der Waals surface area contributed by atoms with Crippen LogP contribution in [0.1, 0.15) is 0 Å². The number of carbonyl (C=O) groups excluding carboxylic acids is 1. The van der Waals surface area contributed by atoms with Crippen molar-refractivity contribution in [3.05, 3.63) is 47.5 Å². The molecule has 0 radical (unpaired) electrons. The number of rotatable bonds is 1. The van der Waals surface area contributed by atoms with Gasteiger partial charge in [0.25, 0.3) is 0 Å². The summed E-state index contributed by atoms with van der Waals surface area (Å²) < 4.78 is 19.0. The molecule has 0 aliphatic carbocycles. The molecule has 3 aliphatic heterocycles. The van der Waals surface area contributed by atoms with E-state index in [2.05, 4.69) is 9.88 Å². The largest absolute Gasteiger partial charge is 0.489 e. The third-order valence-corrected chi connectivity index (χ3v) is 5.68. The van der Waals surface area contributed by atoms with Gasteiger partial charge in [-0.3, -0.25) is 9.88 Å². The van der Waals surface area contributed by atoms with Gasteiger partial charge in [0.1, 0.15) is 18.2 Å². The SMILES string of the molecule is O=C(N1CC2(C1)CN(c1cncc(F)c1)C2)N1CCOc2cc(Cl)ccc21. The van der Waals surface area contributed by atoms with Gasteiger partial charge in [0.05, 0.1) is 30.3 Å². The average Bonchev–Trinajstić information content (AvgIpc) is 2.58. The highest BCUT2D eigenvalue weighted by Gasteiger charge is 2.54. The first-order chi connectivity index (χ1) is 13.0. The van der Waals surface area contributed by atoms with Crippen molar-refractivity contribution in [1.29, 1.82) is 0 Å². The Morgan fingerprint density at radius 1 is 1.19 bits per heavy atom. The first kappa shape index (κ1) is 16.6. The minimum absolute atomic E-state index is 0.00151. The number of anilines is 2. The lowest BCUT2D eigenvalue weighted by Gasteiger charge is -2.61. The number of benzene rings is 1. The van der Waals surface area contributed by atoms with E-state index in [-0.39, 0.29) is 17.3 Å². The first-order valence-corrected chi connectivity index (χ1v) is 9.25. The van der Waals surface area contributed by atoms with Crippen LogP contribution in [0, 0.1) is 11.2 Å². The number of nitrogens with zero attached hydrogens (tertiary/aromatic N) is 4. The molecule has 140 valence electrons. The number of fused-ring (bicyclic) bond motifs is 1. The van der Waals surface area contributed by atoms with Crippen LogP contribution in [0.3, 0.4) is 0 Å². The van der Waals surface area contributed by atoms with Crippen LogP contribution in [0.5, 0.6) is 5.75 Å². The van der Waals surface area contributed by atoms with E-state index in [9.17, 15) is 9.18 Å². The molecule has 1 aromatic carbocycles. The maximum atomic E-state index is 13.3. The highest BCUT2D eigenvalue weighted by atomic mass is 35.5. The molecule has 2 aromatic rings. The number of carbonyl (C=O) groups is 1. The molecule has 0 unspecified atom stereocenters. The van der Waals surface area contributed by atoms with Gasteiger partial charge in [0.15, 0.2) is 0 Å². The molecule has 0 saturated carbocycles. The Kier molecular flexibility index (Phi) is 3.69. The van der Waals surface area contributed by atoms with Crippen LogP contribution in [0.2, 0.25) is 5.02 Å². The molecule has 5 rings (SSSR count). The molecular weight excluding hydrogens is 371 g/mol. The summed E-state index contributed by atoms with van der Waals surface area (Å²) in [5.74, 6) is 0.315. The van der Waals surface area contributed by atoms with Crippen LogP contribution >= 0.6 is 11.6 Å². The van der Waals surface area contributed by atoms with Gasteiger partial charge < -0.3 is 14.5 Å². The molecular formula is C19H18ClFN4O2. The lowest BCUT2D eigenvalue weighted by Crippen LogP contribution is -2.74. The van der Waals surface area contributed by atoms with Crippen molar-refractivity contribution in [2.75, 3.05) is 49.1 Å². The summed E-state index contributed by atoms with van der Waals surface area (Å²) in [6.07, 6.45) is 2.88. The smallest absolute Gasteiger partial charge is 0.324 e. The molecule has 1 aromatic heterocycles. The zero-order valence-electron chi connectivity index (χ0n) is 14.6. The molecule has 3 aliphatic rings. The molecule has 1 spiro atoms. The number of pyridine rings is 1. The van der Waals surface area contributed by atoms with E-state index >= 15 is 0 Å². The molecule has 27 heavy (non-hydrogen) atoms. The number of amides is 2. The number of aromatic nitrogens is 1. The van der Waals surface area contributed by atoms with E-state index in [1.54, 1.807) is 23.2 Å². The van der Waals surface area contributed by atoms with Gasteiger partial charge in [-0.05, 0) is 12.1 Å². The van der Waals surface area contributed by atoms with Crippen molar-refractivity contribution < 1.29 is 13.9 Å². The fourth-order valence-corrected chi connectivity index (χ4v) is 4.34. The summed E-state index contributed by atoms with van der Waals surface area (Å²) in [5, 5.41) is 0.590. The highest BCUT2D eigenvalue weighted by molar-refractivity contribution is 6.30. The Bertz CT molecular complexity index is 910. The minimum atomic E-state index is -0.329. The maximum Gasteiger partial charge on any atom is 0.324 e. The minimum Gasteiger partial charge on any atom is -0.489 e. The third kappa shape index (κ3) is 2.77. The average molecular weight is 389 g/mol.